The van der Waals surface area contributed by atoms with Crippen molar-refractivity contribution >= 4 is 0 Å². The second-order valence-corrected chi connectivity index (χ2v) is 6.16. The van der Waals surface area contributed by atoms with E-state index >= 15 is 0 Å². The summed E-state index contributed by atoms with van der Waals surface area (Å²) in [6.07, 6.45) is 2.87. The molecule has 5 nitrogen and oxygen atoms in total. The molecule has 2 aliphatic heterocycles. The number of unbranched alkanes of at least 4 members (excludes halogenated alkanes) is 1. The van der Waals surface area contributed by atoms with Crippen LogP contribution >= 0.6 is 0 Å². The highest BCUT2D eigenvalue weighted by Gasteiger charge is 2.30. The van der Waals surface area contributed by atoms with Gasteiger partial charge in [0.25, 0.3) is 0 Å². The van der Waals surface area contributed by atoms with E-state index in [9.17, 15) is 0 Å². The zero-order chi connectivity index (χ0) is 14.3. The fourth-order valence-electron chi connectivity index (χ4n) is 1.89. The van der Waals surface area contributed by atoms with E-state index < -0.39 is 0 Å². The van der Waals surface area contributed by atoms with E-state index in [1.54, 1.807) is 0 Å². The first kappa shape index (κ1) is 16.2. The Hall–Kier alpha value is -0.200. The van der Waals surface area contributed by atoms with Crippen LogP contribution in [0, 0.1) is 5.41 Å². The van der Waals surface area contributed by atoms with Crippen molar-refractivity contribution in [3.8, 4) is 0 Å². The van der Waals surface area contributed by atoms with Crippen LogP contribution in [0.15, 0.2) is 0 Å². The van der Waals surface area contributed by atoms with E-state index in [0.717, 1.165) is 32.7 Å². The van der Waals surface area contributed by atoms with E-state index in [-0.39, 0.29) is 5.41 Å². The summed E-state index contributed by atoms with van der Waals surface area (Å²) >= 11 is 0. The predicted molar refractivity (Wildman–Crippen MR) is 75.0 cm³/mol. The molecule has 2 atom stereocenters. The average molecular weight is 288 g/mol. The van der Waals surface area contributed by atoms with E-state index in [0.29, 0.717) is 45.2 Å². The SMILES string of the molecule is CCCCOCC(C)(COCC1CO1)COCC1CO1. The Kier molecular flexibility index (Phi) is 6.71. The lowest BCUT2D eigenvalue weighted by atomic mass is 9.94. The standard InChI is InChI=1S/C15H28O5/c1-3-4-5-16-10-15(2,11-17-6-13-8-19-13)12-18-7-14-9-20-14/h13-14H,3-12H2,1-2H3. The van der Waals surface area contributed by atoms with Gasteiger partial charge in [0.1, 0.15) is 12.2 Å². The minimum absolute atomic E-state index is 0.0997. The van der Waals surface area contributed by atoms with Crippen LogP contribution in [0.4, 0.5) is 0 Å². The maximum absolute atomic E-state index is 5.76. The van der Waals surface area contributed by atoms with Crippen LogP contribution in [0.5, 0.6) is 0 Å². The summed E-state index contributed by atoms with van der Waals surface area (Å²) in [7, 11) is 0. The van der Waals surface area contributed by atoms with Crippen molar-refractivity contribution in [1.29, 1.82) is 0 Å². The number of epoxide rings is 2. The van der Waals surface area contributed by atoms with Gasteiger partial charge in [0.05, 0.1) is 46.2 Å². The maximum Gasteiger partial charge on any atom is 0.104 e. The molecule has 2 heterocycles. The van der Waals surface area contributed by atoms with Crippen LogP contribution in [-0.2, 0) is 23.7 Å². The van der Waals surface area contributed by atoms with Gasteiger partial charge in [-0.25, -0.2) is 0 Å². The summed E-state index contributed by atoms with van der Waals surface area (Å²) in [5, 5.41) is 0. The highest BCUT2D eigenvalue weighted by atomic mass is 16.6. The second kappa shape index (κ2) is 8.29. The smallest absolute Gasteiger partial charge is 0.104 e. The van der Waals surface area contributed by atoms with Gasteiger partial charge < -0.3 is 23.7 Å². The molecule has 20 heavy (non-hydrogen) atoms. The number of ether oxygens (including phenoxy) is 5. The molecule has 0 amide bonds. The topological polar surface area (TPSA) is 52.8 Å². The normalized spacial score (nSPS) is 27.3. The third-order valence-electron chi connectivity index (χ3n) is 3.41. The summed E-state index contributed by atoms with van der Waals surface area (Å²) in [4.78, 5) is 0. The third kappa shape index (κ3) is 6.99. The quantitative estimate of drug-likeness (QED) is 0.381. The van der Waals surface area contributed by atoms with Gasteiger partial charge in [-0.2, -0.15) is 0 Å². The predicted octanol–water partition coefficient (Wildman–Crippen LogP) is 1.64. The fourth-order valence-corrected chi connectivity index (χ4v) is 1.89. The molecule has 0 aromatic rings. The van der Waals surface area contributed by atoms with Gasteiger partial charge in [0.15, 0.2) is 0 Å². The minimum atomic E-state index is -0.0997. The van der Waals surface area contributed by atoms with E-state index in [1.807, 2.05) is 0 Å². The lowest BCUT2D eigenvalue weighted by molar-refractivity contribution is -0.0637. The largest absolute Gasteiger partial charge is 0.381 e. The Morgan fingerprint density at radius 2 is 1.45 bits per heavy atom. The maximum atomic E-state index is 5.76. The van der Waals surface area contributed by atoms with Gasteiger partial charge >= 0.3 is 0 Å². The Morgan fingerprint density at radius 3 is 1.90 bits per heavy atom. The molecule has 0 radical (unpaired) electrons. The first-order valence-corrected chi connectivity index (χ1v) is 7.68. The molecule has 2 fully saturated rings. The number of hydrogen-bond donors (Lipinski definition) is 0. The third-order valence-corrected chi connectivity index (χ3v) is 3.41. The van der Waals surface area contributed by atoms with E-state index in [2.05, 4.69) is 13.8 Å². The van der Waals surface area contributed by atoms with Crippen molar-refractivity contribution < 1.29 is 23.7 Å². The lowest BCUT2D eigenvalue weighted by Gasteiger charge is -2.29. The van der Waals surface area contributed by atoms with Crippen LogP contribution < -0.4 is 0 Å². The molecule has 5 heteroatoms. The van der Waals surface area contributed by atoms with Crippen LogP contribution in [0.3, 0.4) is 0 Å². The molecule has 2 unspecified atom stereocenters. The summed E-state index contributed by atoms with van der Waals surface area (Å²) < 4.78 is 27.5. The zero-order valence-electron chi connectivity index (χ0n) is 12.8. The Morgan fingerprint density at radius 1 is 0.950 bits per heavy atom. The van der Waals surface area contributed by atoms with Crippen molar-refractivity contribution in [1.82, 2.24) is 0 Å². The summed E-state index contributed by atoms with van der Waals surface area (Å²) in [5.41, 5.74) is -0.0997. The van der Waals surface area contributed by atoms with E-state index in [1.165, 1.54) is 0 Å². The average Bonchev–Trinajstić information content (AvgIpc) is 3.28. The van der Waals surface area contributed by atoms with Gasteiger partial charge in [-0.1, -0.05) is 20.3 Å². The fraction of sp³-hybridized carbons (Fsp3) is 1.00. The molecular weight excluding hydrogens is 260 g/mol. The van der Waals surface area contributed by atoms with Crippen LogP contribution in [-0.4, -0.2) is 65.1 Å². The monoisotopic (exact) mass is 288 g/mol. The van der Waals surface area contributed by atoms with Crippen molar-refractivity contribution in [3.05, 3.63) is 0 Å². The van der Waals surface area contributed by atoms with Crippen LogP contribution in [0.1, 0.15) is 26.7 Å². The molecule has 118 valence electrons. The van der Waals surface area contributed by atoms with Gasteiger partial charge in [-0.15, -0.1) is 0 Å². The molecule has 2 aliphatic rings. The highest BCUT2D eigenvalue weighted by Crippen LogP contribution is 2.21. The molecule has 0 bridgehead atoms. The van der Waals surface area contributed by atoms with Crippen molar-refractivity contribution in [2.75, 3.05) is 52.9 Å². The summed E-state index contributed by atoms with van der Waals surface area (Å²) in [6, 6.07) is 0. The van der Waals surface area contributed by atoms with Crippen LogP contribution in [0.2, 0.25) is 0 Å². The zero-order valence-corrected chi connectivity index (χ0v) is 12.8. The molecule has 2 saturated heterocycles. The molecular formula is C15H28O5. The Balaban J connectivity index is 1.63. The molecule has 0 aliphatic carbocycles. The molecule has 0 aromatic carbocycles. The van der Waals surface area contributed by atoms with Gasteiger partial charge in [0.2, 0.25) is 0 Å². The molecule has 0 saturated carbocycles. The summed E-state index contributed by atoms with van der Waals surface area (Å²) in [6.45, 7) is 10.1. The molecule has 0 N–H and O–H groups in total. The van der Waals surface area contributed by atoms with Gasteiger partial charge in [0, 0.05) is 12.0 Å². The second-order valence-electron chi connectivity index (χ2n) is 6.16. The van der Waals surface area contributed by atoms with Crippen molar-refractivity contribution in [2.45, 2.75) is 38.9 Å². The van der Waals surface area contributed by atoms with Gasteiger partial charge in [-0.05, 0) is 6.42 Å². The highest BCUT2D eigenvalue weighted by molar-refractivity contribution is 4.76. The minimum Gasteiger partial charge on any atom is -0.381 e. The number of rotatable bonds is 13. The molecule has 0 spiro atoms. The Bertz CT molecular complexity index is 245. The Labute approximate surface area is 121 Å². The van der Waals surface area contributed by atoms with Crippen LogP contribution in [0.25, 0.3) is 0 Å². The summed E-state index contributed by atoms with van der Waals surface area (Å²) in [5.74, 6) is 0. The lowest BCUT2D eigenvalue weighted by Crippen LogP contribution is -2.35. The number of hydrogen-bond acceptors (Lipinski definition) is 5. The molecule has 0 aromatic heterocycles. The van der Waals surface area contributed by atoms with Crippen molar-refractivity contribution in [2.24, 2.45) is 5.41 Å². The van der Waals surface area contributed by atoms with Crippen molar-refractivity contribution in [3.63, 3.8) is 0 Å². The van der Waals surface area contributed by atoms with E-state index in [4.69, 9.17) is 23.7 Å². The first-order valence-electron chi connectivity index (χ1n) is 7.68. The van der Waals surface area contributed by atoms with Gasteiger partial charge in [-0.3, -0.25) is 0 Å². The molecule has 2 rings (SSSR count). The first-order chi connectivity index (χ1) is 9.72.